The number of nitrogens with zero attached hydrogens (tertiary/aromatic N) is 1. The topological polar surface area (TPSA) is 40.5 Å². The van der Waals surface area contributed by atoms with Crippen LogP contribution in [0.3, 0.4) is 0 Å². The summed E-state index contributed by atoms with van der Waals surface area (Å²) in [5.41, 5.74) is 0. The Bertz CT molecular complexity index is 181. The van der Waals surface area contributed by atoms with Crippen LogP contribution in [0, 0.1) is 5.92 Å². The first-order chi connectivity index (χ1) is 5.33. The summed E-state index contributed by atoms with van der Waals surface area (Å²) >= 11 is 0. The summed E-state index contributed by atoms with van der Waals surface area (Å²) in [5, 5.41) is 8.79. The highest BCUT2D eigenvalue weighted by molar-refractivity contribution is 5.78. The molecule has 2 atom stereocenters. The smallest absolute Gasteiger partial charge is 0.222 e. The number of carbonyl (C=O) groups excluding carboxylic acids is 1. The van der Waals surface area contributed by atoms with Crippen molar-refractivity contribution >= 4 is 5.91 Å². The molecule has 2 aliphatic rings. The summed E-state index contributed by atoms with van der Waals surface area (Å²) in [5.74, 6) is 0.669. The number of hydrogen-bond donors (Lipinski definition) is 1. The molecule has 2 rings (SSSR count). The van der Waals surface area contributed by atoms with E-state index < -0.39 is 0 Å². The van der Waals surface area contributed by atoms with Crippen molar-refractivity contribution in [2.75, 3.05) is 13.2 Å². The Balaban J connectivity index is 1.91. The molecule has 1 N–H and O–H groups in total. The number of aliphatic hydroxyl groups excluding tert-OH is 1. The molecule has 3 heteroatoms. The summed E-state index contributed by atoms with van der Waals surface area (Å²) in [6, 6.07) is 0.384. The molecule has 0 unspecified atom stereocenters. The van der Waals surface area contributed by atoms with Gasteiger partial charge < -0.3 is 10.0 Å². The second-order valence-electron chi connectivity index (χ2n) is 3.44. The molecule has 1 saturated carbocycles. The Labute approximate surface area is 66.0 Å². The number of hydrogen-bond acceptors (Lipinski definition) is 2. The van der Waals surface area contributed by atoms with Gasteiger partial charge in [0.05, 0.1) is 0 Å². The molecule has 62 valence electrons. The molecule has 0 spiro atoms. The van der Waals surface area contributed by atoms with E-state index in [-0.39, 0.29) is 12.5 Å². The highest BCUT2D eigenvalue weighted by Crippen LogP contribution is 2.37. The molecule has 1 aliphatic heterocycles. The van der Waals surface area contributed by atoms with E-state index in [0.29, 0.717) is 18.4 Å². The molecule has 0 bridgehead atoms. The van der Waals surface area contributed by atoms with E-state index in [4.69, 9.17) is 5.11 Å². The lowest BCUT2D eigenvalue weighted by molar-refractivity contribution is -0.128. The molecule has 1 aliphatic carbocycles. The third kappa shape index (κ3) is 1.13. The largest absolute Gasteiger partial charge is 0.396 e. The maximum absolute atomic E-state index is 11.2. The van der Waals surface area contributed by atoms with Gasteiger partial charge in [-0.3, -0.25) is 4.79 Å². The van der Waals surface area contributed by atoms with Crippen molar-refractivity contribution < 1.29 is 9.90 Å². The summed E-state index contributed by atoms with van der Waals surface area (Å²) in [6.07, 6.45) is 2.74. The molecule has 2 fully saturated rings. The van der Waals surface area contributed by atoms with Crippen LogP contribution in [-0.4, -0.2) is 35.1 Å². The Hall–Kier alpha value is -0.570. The third-order valence-electron chi connectivity index (χ3n) is 2.63. The van der Waals surface area contributed by atoms with E-state index in [1.165, 1.54) is 0 Å². The summed E-state index contributed by atoms with van der Waals surface area (Å²) in [7, 11) is 0. The van der Waals surface area contributed by atoms with Crippen LogP contribution in [0.1, 0.15) is 19.3 Å². The van der Waals surface area contributed by atoms with Crippen LogP contribution >= 0.6 is 0 Å². The fraction of sp³-hybridized carbons (Fsp3) is 0.875. The zero-order valence-electron chi connectivity index (χ0n) is 6.49. The van der Waals surface area contributed by atoms with Crippen molar-refractivity contribution in [3.05, 3.63) is 0 Å². The normalized spacial score (nSPS) is 36.5. The lowest BCUT2D eigenvalue weighted by atomic mass is 10.4. The molecule has 0 radical (unpaired) electrons. The molecule has 1 amide bonds. The van der Waals surface area contributed by atoms with Crippen LogP contribution in [0.15, 0.2) is 0 Å². The summed E-state index contributed by atoms with van der Waals surface area (Å²) < 4.78 is 0. The number of rotatable bonds is 2. The van der Waals surface area contributed by atoms with Gasteiger partial charge in [0.2, 0.25) is 5.91 Å². The minimum atomic E-state index is 0.244. The minimum absolute atomic E-state index is 0.244. The van der Waals surface area contributed by atoms with Gasteiger partial charge in [-0.05, 0) is 12.8 Å². The molecule has 1 heterocycles. The summed E-state index contributed by atoms with van der Waals surface area (Å²) in [4.78, 5) is 13.1. The Morgan fingerprint density at radius 3 is 2.91 bits per heavy atom. The molecule has 1 saturated heterocycles. The number of likely N-dealkylation sites (tertiary alicyclic amines) is 1. The molecule has 0 aromatic carbocycles. The van der Waals surface area contributed by atoms with Crippen LogP contribution in [0.5, 0.6) is 0 Å². The average Bonchev–Trinajstić information content (AvgIpc) is 2.68. The Kier molecular flexibility index (Phi) is 1.60. The lowest BCUT2D eigenvalue weighted by Crippen LogP contribution is -2.28. The van der Waals surface area contributed by atoms with Crippen LogP contribution in [0.4, 0.5) is 0 Å². The zero-order valence-corrected chi connectivity index (χ0v) is 6.49. The fourth-order valence-electron chi connectivity index (χ4n) is 1.83. The molecule has 0 aromatic rings. The fourth-order valence-corrected chi connectivity index (χ4v) is 1.83. The number of aliphatic hydroxyl groups is 1. The van der Waals surface area contributed by atoms with Crippen molar-refractivity contribution in [2.45, 2.75) is 25.3 Å². The quantitative estimate of drug-likeness (QED) is 0.609. The summed E-state index contributed by atoms with van der Waals surface area (Å²) in [6.45, 7) is 1.16. The van der Waals surface area contributed by atoms with Gasteiger partial charge in [-0.15, -0.1) is 0 Å². The van der Waals surface area contributed by atoms with Gasteiger partial charge >= 0.3 is 0 Å². The van der Waals surface area contributed by atoms with Gasteiger partial charge in [0.1, 0.15) is 0 Å². The highest BCUT2D eigenvalue weighted by Gasteiger charge is 2.44. The molecular weight excluding hydrogens is 142 g/mol. The second-order valence-corrected chi connectivity index (χ2v) is 3.44. The van der Waals surface area contributed by atoms with Gasteiger partial charge in [-0.25, -0.2) is 0 Å². The molecule has 3 nitrogen and oxygen atoms in total. The van der Waals surface area contributed by atoms with Gasteiger partial charge in [0.25, 0.3) is 0 Å². The van der Waals surface area contributed by atoms with Crippen molar-refractivity contribution in [3.8, 4) is 0 Å². The van der Waals surface area contributed by atoms with E-state index in [2.05, 4.69) is 0 Å². The zero-order chi connectivity index (χ0) is 7.84. The first kappa shape index (κ1) is 7.10. The first-order valence-corrected chi connectivity index (χ1v) is 4.23. The number of carbonyl (C=O) groups is 1. The number of amides is 1. The average molecular weight is 155 g/mol. The van der Waals surface area contributed by atoms with E-state index in [1.54, 1.807) is 0 Å². The minimum Gasteiger partial charge on any atom is -0.396 e. The molecule has 0 aromatic heterocycles. The van der Waals surface area contributed by atoms with Crippen molar-refractivity contribution in [2.24, 2.45) is 5.92 Å². The second kappa shape index (κ2) is 2.48. The van der Waals surface area contributed by atoms with Crippen molar-refractivity contribution in [1.29, 1.82) is 0 Å². The molecular formula is C8H13NO2. The van der Waals surface area contributed by atoms with E-state index in [0.717, 1.165) is 19.4 Å². The predicted molar refractivity (Wildman–Crippen MR) is 39.9 cm³/mol. The van der Waals surface area contributed by atoms with Gasteiger partial charge in [-0.1, -0.05) is 0 Å². The third-order valence-corrected chi connectivity index (χ3v) is 2.63. The lowest BCUT2D eigenvalue weighted by Gasteiger charge is -2.14. The van der Waals surface area contributed by atoms with Gasteiger partial charge in [-0.2, -0.15) is 0 Å². The monoisotopic (exact) mass is 155 g/mol. The van der Waals surface area contributed by atoms with Crippen LogP contribution in [0.25, 0.3) is 0 Å². The van der Waals surface area contributed by atoms with Gasteiger partial charge in [0.15, 0.2) is 0 Å². The molecule has 11 heavy (non-hydrogen) atoms. The predicted octanol–water partition coefficient (Wildman–Crippen LogP) is -0.0104. The van der Waals surface area contributed by atoms with Crippen LogP contribution in [-0.2, 0) is 4.79 Å². The van der Waals surface area contributed by atoms with Gasteiger partial charge in [0, 0.05) is 31.5 Å². The SMILES string of the molecule is O=C1CCCN1[C@@H]1C[C@@H]1CO. The van der Waals surface area contributed by atoms with E-state index >= 15 is 0 Å². The maximum Gasteiger partial charge on any atom is 0.222 e. The van der Waals surface area contributed by atoms with Crippen LogP contribution < -0.4 is 0 Å². The van der Waals surface area contributed by atoms with Crippen molar-refractivity contribution in [3.63, 3.8) is 0 Å². The Morgan fingerprint density at radius 2 is 2.45 bits per heavy atom. The Morgan fingerprint density at radius 1 is 1.64 bits per heavy atom. The van der Waals surface area contributed by atoms with Crippen LogP contribution in [0.2, 0.25) is 0 Å². The van der Waals surface area contributed by atoms with E-state index in [1.807, 2.05) is 4.90 Å². The standard InChI is InChI=1S/C8H13NO2/c10-5-6-4-7(6)9-3-1-2-8(9)11/h6-7,10H,1-5H2/t6-,7-/m1/s1. The maximum atomic E-state index is 11.2. The van der Waals surface area contributed by atoms with Crippen molar-refractivity contribution in [1.82, 2.24) is 4.90 Å². The first-order valence-electron chi connectivity index (χ1n) is 4.23. The highest BCUT2D eigenvalue weighted by atomic mass is 16.3. The van der Waals surface area contributed by atoms with E-state index in [9.17, 15) is 4.79 Å².